The third kappa shape index (κ3) is 3.83. The number of hydrogen-bond donors (Lipinski definition) is 2. The third-order valence-corrected chi connectivity index (χ3v) is 7.37. The van der Waals surface area contributed by atoms with E-state index in [0.717, 1.165) is 44.5 Å². The van der Waals surface area contributed by atoms with Crippen LogP contribution < -0.4 is 11.1 Å². The van der Waals surface area contributed by atoms with Gasteiger partial charge in [-0.3, -0.25) is 4.68 Å². The van der Waals surface area contributed by atoms with Crippen LogP contribution in [-0.4, -0.2) is 34.3 Å². The average Bonchev–Trinajstić information content (AvgIpc) is 3.53. The lowest BCUT2D eigenvalue weighted by atomic mass is 9.96. The predicted octanol–water partition coefficient (Wildman–Crippen LogP) is 4.76. The molecule has 0 atom stereocenters. The van der Waals surface area contributed by atoms with Crippen molar-refractivity contribution in [3.63, 3.8) is 0 Å². The summed E-state index contributed by atoms with van der Waals surface area (Å²) in [7, 11) is 0. The number of hydrogen-bond acceptors (Lipinski definition) is 7. The van der Waals surface area contributed by atoms with E-state index in [4.69, 9.17) is 20.9 Å². The number of nitrogens with two attached hydrogens (primary N) is 1. The van der Waals surface area contributed by atoms with Gasteiger partial charge < -0.3 is 11.1 Å². The molecule has 0 unspecified atom stereocenters. The molecular weight excluding hydrogens is 462 g/mol. The molecule has 0 bridgehead atoms. The molecule has 9 heteroatoms. The second-order valence-electron chi connectivity index (χ2n) is 9.93. The molecule has 0 amide bonds. The van der Waals surface area contributed by atoms with Crippen molar-refractivity contribution in [2.24, 2.45) is 0 Å². The van der Waals surface area contributed by atoms with Gasteiger partial charge in [-0.25, -0.2) is 19.5 Å². The Labute approximate surface area is 213 Å². The highest BCUT2D eigenvalue weighted by Crippen LogP contribution is 2.39. The van der Waals surface area contributed by atoms with E-state index in [9.17, 15) is 0 Å². The van der Waals surface area contributed by atoms with Gasteiger partial charge in [-0.2, -0.15) is 5.10 Å². The highest BCUT2D eigenvalue weighted by atomic mass is 15.3. The molecule has 0 spiro atoms. The molecule has 0 radical (unpaired) electrons. The Kier molecular flexibility index (Phi) is 4.85. The molecule has 1 fully saturated rings. The molecule has 5 aromatic heterocycles. The summed E-state index contributed by atoms with van der Waals surface area (Å²) in [6.07, 6.45) is 10.2. The smallest absolute Gasteiger partial charge is 0.173 e. The van der Waals surface area contributed by atoms with Crippen molar-refractivity contribution in [2.45, 2.75) is 45.7 Å². The van der Waals surface area contributed by atoms with Gasteiger partial charge in [-0.05, 0) is 84.5 Å². The first kappa shape index (κ1) is 21.7. The largest absolute Gasteiger partial charge is 0.383 e. The topological polar surface area (TPSA) is 112 Å². The van der Waals surface area contributed by atoms with Gasteiger partial charge in [-0.15, -0.1) is 5.10 Å². The number of aromatic nitrogens is 7. The fraction of sp³-hybridized carbons (Fsp3) is 0.250. The van der Waals surface area contributed by atoms with Crippen LogP contribution in [0.2, 0.25) is 0 Å². The average molecular weight is 490 g/mol. The Morgan fingerprint density at radius 1 is 1.00 bits per heavy atom. The van der Waals surface area contributed by atoms with Crippen molar-refractivity contribution in [1.82, 2.24) is 34.3 Å². The zero-order chi connectivity index (χ0) is 25.1. The first-order valence-corrected chi connectivity index (χ1v) is 12.6. The Morgan fingerprint density at radius 2 is 1.86 bits per heavy atom. The van der Waals surface area contributed by atoms with Gasteiger partial charge in [0.25, 0.3) is 0 Å². The minimum absolute atomic E-state index is 0.493. The van der Waals surface area contributed by atoms with Crippen LogP contribution in [0.4, 0.5) is 11.6 Å². The van der Waals surface area contributed by atoms with Crippen molar-refractivity contribution >= 4 is 39.0 Å². The predicted molar refractivity (Wildman–Crippen MR) is 145 cm³/mol. The summed E-state index contributed by atoms with van der Waals surface area (Å²) in [6, 6.07) is 10.3. The molecule has 7 rings (SSSR count). The van der Waals surface area contributed by atoms with E-state index in [0.29, 0.717) is 24.8 Å². The van der Waals surface area contributed by atoms with E-state index < -0.39 is 0 Å². The summed E-state index contributed by atoms with van der Waals surface area (Å²) in [5, 5.41) is 16.2. The van der Waals surface area contributed by atoms with Gasteiger partial charge in [0.1, 0.15) is 17.9 Å². The van der Waals surface area contributed by atoms with Crippen molar-refractivity contribution in [1.29, 1.82) is 0 Å². The van der Waals surface area contributed by atoms with E-state index in [2.05, 4.69) is 53.5 Å². The number of nitrogens with one attached hydrogen (secondary N) is 1. The van der Waals surface area contributed by atoms with Gasteiger partial charge in [-0.1, -0.05) is 6.07 Å². The molecule has 1 aromatic carbocycles. The maximum atomic E-state index is 6.11. The van der Waals surface area contributed by atoms with Crippen LogP contribution >= 0.6 is 0 Å². The summed E-state index contributed by atoms with van der Waals surface area (Å²) >= 11 is 0. The summed E-state index contributed by atoms with van der Waals surface area (Å²) < 4.78 is 3.77. The first-order valence-electron chi connectivity index (χ1n) is 12.6. The molecule has 1 aliphatic carbocycles. The minimum Gasteiger partial charge on any atom is -0.383 e. The maximum Gasteiger partial charge on any atom is 0.173 e. The Bertz CT molecular complexity index is 1810. The lowest BCUT2D eigenvalue weighted by Gasteiger charge is -2.15. The van der Waals surface area contributed by atoms with Gasteiger partial charge in [0.15, 0.2) is 17.3 Å². The Balaban J connectivity index is 1.16. The SMILES string of the molecule is Cc1cc2c(N)nccc2c(C)c1CNc1nccc2cn(Cc3nc4ccc(C5CC5)cn4n3)nc12. The number of fused-ring (bicyclic) bond motifs is 3. The highest BCUT2D eigenvalue weighted by Gasteiger charge is 2.24. The number of pyridine rings is 3. The highest BCUT2D eigenvalue weighted by molar-refractivity contribution is 5.94. The van der Waals surface area contributed by atoms with Crippen molar-refractivity contribution in [3.05, 3.63) is 83.2 Å². The van der Waals surface area contributed by atoms with E-state index in [1.807, 2.05) is 33.7 Å². The summed E-state index contributed by atoms with van der Waals surface area (Å²) in [5.74, 6) is 2.73. The van der Waals surface area contributed by atoms with Crippen LogP contribution in [0.25, 0.3) is 27.3 Å². The fourth-order valence-corrected chi connectivity index (χ4v) is 5.20. The van der Waals surface area contributed by atoms with Crippen molar-refractivity contribution in [3.8, 4) is 0 Å². The van der Waals surface area contributed by atoms with Crippen LogP contribution in [0.15, 0.2) is 55.1 Å². The van der Waals surface area contributed by atoms with Crippen LogP contribution in [0, 0.1) is 13.8 Å². The second kappa shape index (κ2) is 8.26. The van der Waals surface area contributed by atoms with Crippen molar-refractivity contribution in [2.75, 3.05) is 11.1 Å². The molecule has 184 valence electrons. The molecule has 0 saturated heterocycles. The number of anilines is 2. The number of aryl methyl sites for hydroxylation is 2. The quantitative estimate of drug-likeness (QED) is 0.347. The van der Waals surface area contributed by atoms with Crippen molar-refractivity contribution < 1.29 is 0 Å². The molecule has 3 N–H and O–H groups in total. The standard InChI is InChI=1S/C28H27N9/c1-16-11-22-21(8-10-30-27(22)29)17(2)23(16)12-32-28-26-20(7-9-31-28)13-36(35-26)15-24-33-25-6-5-19(18-3-4-18)14-37(25)34-24/h5-11,13-14,18H,3-4,12,15H2,1-2H3,(H2,29,30)(H,31,32). The Morgan fingerprint density at radius 3 is 2.73 bits per heavy atom. The number of benzene rings is 1. The second-order valence-corrected chi connectivity index (χ2v) is 9.93. The van der Waals surface area contributed by atoms with Crippen LogP contribution in [0.5, 0.6) is 0 Å². The Hall–Kier alpha value is -4.53. The number of nitrogen functional groups attached to an aromatic ring is 1. The monoisotopic (exact) mass is 489 g/mol. The first-order chi connectivity index (χ1) is 18.0. The number of nitrogens with zero attached hydrogens (tertiary/aromatic N) is 7. The molecule has 1 aliphatic rings. The molecule has 37 heavy (non-hydrogen) atoms. The molecule has 0 aliphatic heterocycles. The van der Waals surface area contributed by atoms with Gasteiger partial charge in [0.05, 0.1) is 0 Å². The lowest BCUT2D eigenvalue weighted by molar-refractivity contribution is 0.661. The maximum absolute atomic E-state index is 6.11. The van der Waals surface area contributed by atoms with E-state index >= 15 is 0 Å². The van der Waals surface area contributed by atoms with Crippen LogP contribution in [0.1, 0.15) is 46.8 Å². The molecule has 1 saturated carbocycles. The lowest BCUT2D eigenvalue weighted by Crippen LogP contribution is -2.07. The normalized spacial score (nSPS) is 13.7. The van der Waals surface area contributed by atoms with Gasteiger partial charge >= 0.3 is 0 Å². The van der Waals surface area contributed by atoms with Crippen LogP contribution in [-0.2, 0) is 13.1 Å². The van der Waals surface area contributed by atoms with E-state index in [1.54, 1.807) is 6.20 Å². The zero-order valence-corrected chi connectivity index (χ0v) is 20.8. The summed E-state index contributed by atoms with van der Waals surface area (Å²) in [6.45, 7) is 5.36. The molecule has 5 heterocycles. The third-order valence-electron chi connectivity index (χ3n) is 7.37. The number of rotatable bonds is 6. The summed E-state index contributed by atoms with van der Waals surface area (Å²) in [5.41, 5.74) is 12.7. The zero-order valence-electron chi connectivity index (χ0n) is 20.8. The van der Waals surface area contributed by atoms with Crippen LogP contribution in [0.3, 0.4) is 0 Å². The summed E-state index contributed by atoms with van der Waals surface area (Å²) in [4.78, 5) is 13.5. The van der Waals surface area contributed by atoms with E-state index in [-0.39, 0.29) is 0 Å². The minimum atomic E-state index is 0.493. The fourth-order valence-electron chi connectivity index (χ4n) is 5.20. The molecular formula is C28H27N9. The van der Waals surface area contributed by atoms with Gasteiger partial charge in [0.2, 0.25) is 0 Å². The molecule has 9 nitrogen and oxygen atoms in total. The molecule has 6 aromatic rings. The van der Waals surface area contributed by atoms with E-state index in [1.165, 1.54) is 29.5 Å². The van der Waals surface area contributed by atoms with Gasteiger partial charge in [0, 0.05) is 42.1 Å².